The number of benzene rings is 3. The minimum absolute atomic E-state index is 0.538. The summed E-state index contributed by atoms with van der Waals surface area (Å²) in [6, 6.07) is 28.7. The summed E-state index contributed by atoms with van der Waals surface area (Å²) in [5.74, 6) is 1.72. The second-order valence-electron chi connectivity index (χ2n) is 7.18. The monoisotopic (exact) mass is 391 g/mol. The molecule has 146 valence electrons. The molecule has 0 radical (unpaired) electrons. The lowest BCUT2D eigenvalue weighted by atomic mass is 10.1. The Morgan fingerprint density at radius 3 is 2.37 bits per heavy atom. The first-order valence-corrected chi connectivity index (χ1v) is 9.99. The number of nitrogens with zero attached hydrogens (tertiary/aromatic N) is 3. The molecular formula is C26H21N3O. The summed E-state index contributed by atoms with van der Waals surface area (Å²) in [5, 5.41) is 0. The van der Waals surface area contributed by atoms with E-state index in [0.29, 0.717) is 6.61 Å². The first-order chi connectivity index (χ1) is 14.9. The van der Waals surface area contributed by atoms with Gasteiger partial charge >= 0.3 is 0 Å². The highest BCUT2D eigenvalue weighted by Gasteiger charge is 2.14. The van der Waals surface area contributed by atoms with E-state index in [1.807, 2.05) is 54.9 Å². The maximum atomic E-state index is 6.02. The molecule has 0 saturated carbocycles. The van der Waals surface area contributed by atoms with Crippen LogP contribution in [0.2, 0.25) is 0 Å². The van der Waals surface area contributed by atoms with Gasteiger partial charge in [0.05, 0.1) is 17.4 Å². The van der Waals surface area contributed by atoms with Crippen LogP contribution in [0, 0.1) is 0 Å². The third-order valence-corrected chi connectivity index (χ3v) is 5.08. The van der Waals surface area contributed by atoms with E-state index in [4.69, 9.17) is 9.72 Å². The Labute approximate surface area is 175 Å². The molecule has 0 atom stereocenters. The van der Waals surface area contributed by atoms with Crippen LogP contribution in [0.25, 0.3) is 16.9 Å². The van der Waals surface area contributed by atoms with Crippen LogP contribution in [0.1, 0.15) is 16.8 Å². The van der Waals surface area contributed by atoms with E-state index in [-0.39, 0.29) is 0 Å². The van der Waals surface area contributed by atoms with E-state index < -0.39 is 0 Å². The smallest absolute Gasteiger partial charge is 0.145 e. The van der Waals surface area contributed by atoms with Crippen LogP contribution in [-0.4, -0.2) is 14.4 Å². The van der Waals surface area contributed by atoms with Crippen molar-refractivity contribution < 1.29 is 4.74 Å². The van der Waals surface area contributed by atoms with E-state index >= 15 is 0 Å². The van der Waals surface area contributed by atoms with Crippen LogP contribution in [0.15, 0.2) is 104 Å². The first-order valence-electron chi connectivity index (χ1n) is 9.99. The summed E-state index contributed by atoms with van der Waals surface area (Å²) in [6.45, 7) is 0.538. The lowest BCUT2D eigenvalue weighted by Crippen LogP contribution is -1.96. The lowest BCUT2D eigenvalue weighted by molar-refractivity contribution is 0.306. The predicted molar refractivity (Wildman–Crippen MR) is 118 cm³/mol. The summed E-state index contributed by atoms with van der Waals surface area (Å²) in [4.78, 5) is 9.30. The Bertz CT molecular complexity index is 1260. The molecule has 0 saturated heterocycles. The molecule has 3 aromatic carbocycles. The molecule has 0 bridgehead atoms. The third kappa shape index (κ3) is 3.80. The minimum atomic E-state index is 0.538. The van der Waals surface area contributed by atoms with E-state index in [1.165, 1.54) is 5.56 Å². The van der Waals surface area contributed by atoms with E-state index in [2.05, 4.69) is 51.8 Å². The van der Waals surface area contributed by atoms with Crippen LogP contribution in [0.5, 0.6) is 5.75 Å². The molecule has 5 aromatic rings. The fourth-order valence-electron chi connectivity index (χ4n) is 3.59. The molecule has 0 fully saturated rings. The van der Waals surface area contributed by atoms with Crippen molar-refractivity contribution in [1.29, 1.82) is 0 Å². The van der Waals surface area contributed by atoms with E-state index in [9.17, 15) is 0 Å². The molecule has 4 heteroatoms. The van der Waals surface area contributed by atoms with Gasteiger partial charge in [-0.3, -0.25) is 9.38 Å². The number of hydrogen-bond acceptors (Lipinski definition) is 3. The molecule has 0 amide bonds. The largest absolute Gasteiger partial charge is 0.489 e. The molecule has 0 spiro atoms. The molecule has 0 unspecified atom stereocenters. The summed E-state index contributed by atoms with van der Waals surface area (Å²) < 4.78 is 8.12. The third-order valence-electron chi connectivity index (χ3n) is 5.08. The van der Waals surface area contributed by atoms with Gasteiger partial charge in [-0.2, -0.15) is 0 Å². The predicted octanol–water partition coefficient (Wildman–Crippen LogP) is 5.57. The standard InChI is InChI=1S/C26H21N3O/c1-3-8-20(9-4-1)16-24-25-18-27-14-15-29(25)26(28-24)22-12-7-13-23(17-22)30-19-21-10-5-2-6-11-21/h1-15,17-18H,16,19H2. The van der Waals surface area contributed by atoms with Crippen LogP contribution >= 0.6 is 0 Å². The van der Waals surface area contributed by atoms with Gasteiger partial charge in [-0.1, -0.05) is 72.8 Å². The molecule has 30 heavy (non-hydrogen) atoms. The molecule has 2 heterocycles. The van der Waals surface area contributed by atoms with Crippen LogP contribution < -0.4 is 4.74 Å². The number of fused-ring (bicyclic) bond motifs is 1. The van der Waals surface area contributed by atoms with Gasteiger partial charge in [0.1, 0.15) is 18.2 Å². The number of hydrogen-bond donors (Lipinski definition) is 0. The van der Waals surface area contributed by atoms with Gasteiger partial charge < -0.3 is 4.74 Å². The zero-order valence-electron chi connectivity index (χ0n) is 16.5. The fourth-order valence-corrected chi connectivity index (χ4v) is 3.59. The van der Waals surface area contributed by atoms with Crippen molar-refractivity contribution in [2.75, 3.05) is 0 Å². The van der Waals surface area contributed by atoms with Gasteiger partial charge in [0.25, 0.3) is 0 Å². The Hall–Kier alpha value is -3.92. The Kier molecular flexibility index (Phi) is 4.96. The normalized spacial score (nSPS) is 10.9. The number of imidazole rings is 1. The molecule has 0 N–H and O–H groups in total. The SMILES string of the molecule is c1ccc(COc2cccc(-c3nc(Cc4ccccc4)c4cnccn34)c2)cc1. The highest BCUT2D eigenvalue weighted by molar-refractivity contribution is 5.66. The Morgan fingerprint density at radius 1 is 0.800 bits per heavy atom. The first kappa shape index (κ1) is 18.1. The average molecular weight is 391 g/mol. The number of aromatic nitrogens is 3. The molecule has 0 aliphatic carbocycles. The maximum absolute atomic E-state index is 6.02. The molecule has 5 rings (SSSR count). The van der Waals surface area contributed by atoms with E-state index in [0.717, 1.165) is 40.3 Å². The quantitative estimate of drug-likeness (QED) is 0.380. The summed E-state index contributed by atoms with van der Waals surface area (Å²) in [6.07, 6.45) is 6.40. The molecule has 2 aromatic heterocycles. The van der Waals surface area contributed by atoms with Crippen molar-refractivity contribution >= 4 is 5.52 Å². The van der Waals surface area contributed by atoms with E-state index in [1.54, 1.807) is 6.20 Å². The van der Waals surface area contributed by atoms with Gasteiger partial charge in [-0.05, 0) is 23.3 Å². The van der Waals surface area contributed by atoms with Gasteiger partial charge in [-0.15, -0.1) is 0 Å². The zero-order valence-corrected chi connectivity index (χ0v) is 16.5. The second-order valence-corrected chi connectivity index (χ2v) is 7.18. The topological polar surface area (TPSA) is 39.4 Å². The summed E-state index contributed by atoms with van der Waals surface area (Å²) >= 11 is 0. The lowest BCUT2D eigenvalue weighted by Gasteiger charge is -2.08. The maximum Gasteiger partial charge on any atom is 0.145 e. The van der Waals surface area contributed by atoms with Crippen molar-refractivity contribution in [3.8, 4) is 17.1 Å². The Balaban J connectivity index is 1.47. The zero-order chi connectivity index (χ0) is 20.2. The van der Waals surface area contributed by atoms with Crippen LogP contribution in [-0.2, 0) is 13.0 Å². The molecule has 4 nitrogen and oxygen atoms in total. The van der Waals surface area contributed by atoms with Crippen molar-refractivity contribution in [3.63, 3.8) is 0 Å². The van der Waals surface area contributed by atoms with Crippen molar-refractivity contribution in [1.82, 2.24) is 14.4 Å². The molecular weight excluding hydrogens is 370 g/mol. The van der Waals surface area contributed by atoms with Crippen molar-refractivity contribution in [3.05, 3.63) is 120 Å². The summed E-state index contributed by atoms with van der Waals surface area (Å²) in [7, 11) is 0. The minimum Gasteiger partial charge on any atom is -0.489 e. The second kappa shape index (κ2) is 8.21. The van der Waals surface area contributed by atoms with Crippen molar-refractivity contribution in [2.45, 2.75) is 13.0 Å². The fraction of sp³-hybridized carbons (Fsp3) is 0.0769. The Morgan fingerprint density at radius 2 is 1.57 bits per heavy atom. The van der Waals surface area contributed by atoms with Crippen LogP contribution in [0.3, 0.4) is 0 Å². The highest BCUT2D eigenvalue weighted by Crippen LogP contribution is 2.27. The van der Waals surface area contributed by atoms with Crippen LogP contribution in [0.4, 0.5) is 0 Å². The van der Waals surface area contributed by atoms with Gasteiger partial charge in [0.2, 0.25) is 0 Å². The molecule has 0 aliphatic rings. The number of ether oxygens (including phenoxy) is 1. The summed E-state index contributed by atoms with van der Waals surface area (Å²) in [5.41, 5.74) is 5.42. The van der Waals surface area contributed by atoms with Crippen molar-refractivity contribution in [2.24, 2.45) is 0 Å². The highest BCUT2D eigenvalue weighted by atomic mass is 16.5. The average Bonchev–Trinajstić information content (AvgIpc) is 3.18. The van der Waals surface area contributed by atoms with Gasteiger partial charge in [-0.25, -0.2) is 4.98 Å². The number of rotatable bonds is 6. The van der Waals surface area contributed by atoms with Gasteiger partial charge in [0, 0.05) is 24.4 Å². The molecule has 0 aliphatic heterocycles. The van der Waals surface area contributed by atoms with Gasteiger partial charge in [0.15, 0.2) is 0 Å².